The first-order valence-corrected chi connectivity index (χ1v) is 8.80. The standard InChI is InChI=1S/C17H20N2O4S/c1-17(2,3)18-15-10-9-13(11-14(15)16(20)21)24(22,23)19-12-7-5-4-6-8-12/h4-11,18-19H,1-3H3,(H,20,21). The molecule has 0 unspecified atom stereocenters. The van der Waals surface area contributed by atoms with Gasteiger partial charge in [-0.2, -0.15) is 0 Å². The van der Waals surface area contributed by atoms with Gasteiger partial charge in [0.15, 0.2) is 0 Å². The summed E-state index contributed by atoms with van der Waals surface area (Å²) >= 11 is 0. The van der Waals surface area contributed by atoms with E-state index in [-0.39, 0.29) is 16.0 Å². The molecule has 0 aliphatic rings. The Balaban J connectivity index is 2.41. The summed E-state index contributed by atoms with van der Waals surface area (Å²) < 4.78 is 27.3. The molecule has 0 amide bonds. The molecule has 0 saturated carbocycles. The summed E-state index contributed by atoms with van der Waals surface area (Å²) in [6.07, 6.45) is 0. The molecule has 2 aromatic carbocycles. The van der Waals surface area contributed by atoms with E-state index < -0.39 is 16.0 Å². The highest BCUT2D eigenvalue weighted by molar-refractivity contribution is 7.92. The van der Waals surface area contributed by atoms with Crippen molar-refractivity contribution in [2.45, 2.75) is 31.2 Å². The molecule has 0 bridgehead atoms. The number of aromatic carboxylic acids is 1. The van der Waals surface area contributed by atoms with E-state index in [1.165, 1.54) is 12.1 Å². The summed E-state index contributed by atoms with van der Waals surface area (Å²) in [6.45, 7) is 5.67. The van der Waals surface area contributed by atoms with Gasteiger partial charge in [0.1, 0.15) is 0 Å². The van der Waals surface area contributed by atoms with Crippen LogP contribution in [0.15, 0.2) is 53.4 Å². The fraction of sp³-hybridized carbons (Fsp3) is 0.235. The van der Waals surface area contributed by atoms with Gasteiger partial charge in [-0.05, 0) is 51.1 Å². The highest BCUT2D eigenvalue weighted by Crippen LogP contribution is 2.25. The summed E-state index contributed by atoms with van der Waals surface area (Å²) in [5.41, 5.74) is 0.327. The smallest absolute Gasteiger partial charge is 0.337 e. The second-order valence-electron chi connectivity index (χ2n) is 6.36. The van der Waals surface area contributed by atoms with E-state index in [0.29, 0.717) is 11.4 Å². The van der Waals surface area contributed by atoms with Gasteiger partial charge in [0.25, 0.3) is 10.0 Å². The minimum absolute atomic E-state index is 0.0964. The number of sulfonamides is 1. The lowest BCUT2D eigenvalue weighted by Gasteiger charge is -2.23. The van der Waals surface area contributed by atoms with Crippen molar-refractivity contribution in [2.75, 3.05) is 10.0 Å². The molecule has 3 N–H and O–H groups in total. The molecule has 0 heterocycles. The normalized spacial score (nSPS) is 11.8. The van der Waals surface area contributed by atoms with Gasteiger partial charge in [-0.1, -0.05) is 18.2 Å². The molecule has 0 aliphatic carbocycles. The topological polar surface area (TPSA) is 95.5 Å². The van der Waals surface area contributed by atoms with E-state index in [4.69, 9.17) is 0 Å². The molecule has 2 rings (SSSR count). The number of carbonyl (C=O) groups is 1. The zero-order valence-electron chi connectivity index (χ0n) is 13.7. The van der Waals surface area contributed by atoms with Crippen LogP contribution in [0.5, 0.6) is 0 Å². The first-order chi connectivity index (χ1) is 11.1. The zero-order valence-corrected chi connectivity index (χ0v) is 14.5. The fourth-order valence-corrected chi connectivity index (χ4v) is 3.19. The third kappa shape index (κ3) is 4.48. The molecule has 0 saturated heterocycles. The van der Waals surface area contributed by atoms with Gasteiger partial charge in [-0.3, -0.25) is 4.72 Å². The highest BCUT2D eigenvalue weighted by atomic mass is 32.2. The molecular formula is C17H20N2O4S. The lowest BCUT2D eigenvalue weighted by Crippen LogP contribution is -2.27. The number of carboxylic acid groups (broad SMARTS) is 1. The minimum Gasteiger partial charge on any atom is -0.478 e. The lowest BCUT2D eigenvalue weighted by molar-refractivity contribution is 0.0697. The maximum atomic E-state index is 12.4. The molecule has 0 radical (unpaired) electrons. The Kier molecular flexibility index (Phi) is 4.84. The summed E-state index contributed by atoms with van der Waals surface area (Å²) in [7, 11) is -3.87. The fourth-order valence-electron chi connectivity index (χ4n) is 2.10. The van der Waals surface area contributed by atoms with Gasteiger partial charge in [0, 0.05) is 16.9 Å². The number of carboxylic acids is 1. The van der Waals surface area contributed by atoms with Crippen molar-refractivity contribution in [1.29, 1.82) is 0 Å². The molecule has 0 aromatic heterocycles. The molecule has 0 aliphatic heterocycles. The SMILES string of the molecule is CC(C)(C)Nc1ccc(S(=O)(=O)Nc2ccccc2)cc1C(=O)O. The summed E-state index contributed by atoms with van der Waals surface area (Å²) in [5, 5.41) is 12.5. The highest BCUT2D eigenvalue weighted by Gasteiger charge is 2.21. The Morgan fingerprint density at radius 3 is 2.21 bits per heavy atom. The summed E-state index contributed by atoms with van der Waals surface area (Å²) in [6, 6.07) is 12.4. The first-order valence-electron chi connectivity index (χ1n) is 7.32. The third-order valence-electron chi connectivity index (χ3n) is 3.07. The predicted molar refractivity (Wildman–Crippen MR) is 94.0 cm³/mol. The number of benzene rings is 2. The molecule has 2 aromatic rings. The third-order valence-corrected chi connectivity index (χ3v) is 4.45. The van der Waals surface area contributed by atoms with Crippen molar-refractivity contribution in [1.82, 2.24) is 0 Å². The number of hydrogen-bond acceptors (Lipinski definition) is 4. The second kappa shape index (κ2) is 6.52. The van der Waals surface area contributed by atoms with Crippen LogP contribution < -0.4 is 10.0 Å². The number of nitrogens with one attached hydrogen (secondary N) is 2. The molecule has 0 spiro atoms. The van der Waals surface area contributed by atoms with Gasteiger partial charge in [0.05, 0.1) is 10.5 Å². The van der Waals surface area contributed by atoms with Crippen LogP contribution in [0.25, 0.3) is 0 Å². The van der Waals surface area contributed by atoms with E-state index in [0.717, 1.165) is 6.07 Å². The predicted octanol–water partition coefficient (Wildman–Crippen LogP) is 3.40. The largest absolute Gasteiger partial charge is 0.478 e. The molecule has 7 heteroatoms. The Bertz CT molecular complexity index is 841. The van der Waals surface area contributed by atoms with Crippen molar-refractivity contribution in [3.05, 3.63) is 54.1 Å². The van der Waals surface area contributed by atoms with Crippen molar-refractivity contribution in [3.63, 3.8) is 0 Å². The molecule has 128 valence electrons. The molecule has 0 atom stereocenters. The van der Waals surface area contributed by atoms with Crippen LogP contribution in [0, 0.1) is 0 Å². The maximum Gasteiger partial charge on any atom is 0.337 e. The first kappa shape index (κ1) is 17.8. The Labute approximate surface area is 141 Å². The van der Waals surface area contributed by atoms with Crippen LogP contribution in [0.1, 0.15) is 31.1 Å². The number of rotatable bonds is 5. The van der Waals surface area contributed by atoms with Crippen molar-refractivity contribution in [2.24, 2.45) is 0 Å². The second-order valence-corrected chi connectivity index (χ2v) is 8.04. The molecular weight excluding hydrogens is 328 g/mol. The van der Waals surface area contributed by atoms with E-state index in [1.807, 2.05) is 20.8 Å². The van der Waals surface area contributed by atoms with Crippen LogP contribution in [-0.4, -0.2) is 25.0 Å². The molecule has 6 nitrogen and oxygen atoms in total. The molecule has 0 fully saturated rings. The van der Waals surface area contributed by atoms with Crippen LogP contribution in [0.4, 0.5) is 11.4 Å². The van der Waals surface area contributed by atoms with Crippen LogP contribution in [-0.2, 0) is 10.0 Å². The van der Waals surface area contributed by atoms with Gasteiger partial charge in [-0.15, -0.1) is 0 Å². The number of anilines is 2. The maximum absolute atomic E-state index is 12.4. The van der Waals surface area contributed by atoms with E-state index in [2.05, 4.69) is 10.0 Å². The van der Waals surface area contributed by atoms with Gasteiger partial charge in [0.2, 0.25) is 0 Å². The van der Waals surface area contributed by atoms with E-state index >= 15 is 0 Å². The minimum atomic E-state index is -3.87. The Hall–Kier alpha value is -2.54. The number of para-hydroxylation sites is 1. The Morgan fingerprint density at radius 1 is 1.04 bits per heavy atom. The van der Waals surface area contributed by atoms with Gasteiger partial charge < -0.3 is 10.4 Å². The number of hydrogen-bond donors (Lipinski definition) is 3. The Morgan fingerprint density at radius 2 is 1.67 bits per heavy atom. The molecule has 24 heavy (non-hydrogen) atoms. The average Bonchev–Trinajstić information content (AvgIpc) is 2.46. The van der Waals surface area contributed by atoms with Crippen LogP contribution in [0.2, 0.25) is 0 Å². The van der Waals surface area contributed by atoms with Crippen LogP contribution >= 0.6 is 0 Å². The zero-order chi connectivity index (χ0) is 18.0. The van der Waals surface area contributed by atoms with Crippen molar-refractivity contribution >= 4 is 27.4 Å². The van der Waals surface area contributed by atoms with Crippen molar-refractivity contribution < 1.29 is 18.3 Å². The quantitative estimate of drug-likeness (QED) is 0.770. The van der Waals surface area contributed by atoms with Crippen LogP contribution in [0.3, 0.4) is 0 Å². The van der Waals surface area contributed by atoms with Crippen molar-refractivity contribution in [3.8, 4) is 0 Å². The van der Waals surface area contributed by atoms with E-state index in [1.54, 1.807) is 30.3 Å². The summed E-state index contributed by atoms with van der Waals surface area (Å²) in [4.78, 5) is 11.4. The van der Waals surface area contributed by atoms with E-state index in [9.17, 15) is 18.3 Å². The summed E-state index contributed by atoms with van der Waals surface area (Å²) in [5.74, 6) is -1.20. The van der Waals surface area contributed by atoms with Gasteiger partial charge >= 0.3 is 5.97 Å². The average molecular weight is 348 g/mol. The monoisotopic (exact) mass is 348 g/mol. The lowest BCUT2D eigenvalue weighted by atomic mass is 10.1. The van der Waals surface area contributed by atoms with Gasteiger partial charge in [-0.25, -0.2) is 13.2 Å².